The van der Waals surface area contributed by atoms with Crippen molar-refractivity contribution in [2.24, 2.45) is 5.92 Å². The fourth-order valence-electron chi connectivity index (χ4n) is 1.26. The minimum Gasteiger partial charge on any atom is -0.396 e. The summed E-state index contributed by atoms with van der Waals surface area (Å²) in [4.78, 5) is 0. The van der Waals surface area contributed by atoms with Crippen LogP contribution in [0.25, 0.3) is 0 Å². The van der Waals surface area contributed by atoms with Crippen LogP contribution in [0.4, 0.5) is 0 Å². The van der Waals surface area contributed by atoms with Gasteiger partial charge in [0.05, 0.1) is 6.10 Å². The Hall–Kier alpha value is -0.0800. The maximum absolute atomic E-state index is 8.75. The van der Waals surface area contributed by atoms with Crippen molar-refractivity contribution in [3.05, 3.63) is 0 Å². The summed E-state index contributed by atoms with van der Waals surface area (Å²) in [5.74, 6) is 0.494. The van der Waals surface area contributed by atoms with Gasteiger partial charge in [-0.1, -0.05) is 0 Å². The molecule has 1 aliphatic heterocycles. The van der Waals surface area contributed by atoms with Crippen LogP contribution in [0.2, 0.25) is 0 Å². The van der Waals surface area contributed by atoms with Crippen molar-refractivity contribution in [2.75, 3.05) is 13.2 Å². The first-order valence-corrected chi connectivity index (χ1v) is 3.55. The molecule has 1 rings (SSSR count). The highest BCUT2D eigenvalue weighted by Gasteiger charge is 2.17. The molecule has 0 aromatic rings. The smallest absolute Gasteiger partial charge is 0.0550 e. The van der Waals surface area contributed by atoms with Crippen molar-refractivity contribution in [1.29, 1.82) is 0 Å². The zero-order valence-corrected chi connectivity index (χ0v) is 5.84. The van der Waals surface area contributed by atoms with E-state index < -0.39 is 0 Å². The van der Waals surface area contributed by atoms with Crippen LogP contribution in [0.3, 0.4) is 0 Å². The molecule has 0 unspecified atom stereocenters. The summed E-state index contributed by atoms with van der Waals surface area (Å²) in [6, 6.07) is 0. The fourth-order valence-corrected chi connectivity index (χ4v) is 1.26. The highest BCUT2D eigenvalue weighted by atomic mass is 16.5. The average molecular weight is 130 g/mol. The van der Waals surface area contributed by atoms with E-state index in [9.17, 15) is 0 Å². The third-order valence-electron chi connectivity index (χ3n) is 1.85. The van der Waals surface area contributed by atoms with Crippen molar-refractivity contribution in [2.45, 2.75) is 25.9 Å². The maximum Gasteiger partial charge on any atom is 0.0550 e. The number of aliphatic hydroxyl groups is 1. The van der Waals surface area contributed by atoms with E-state index in [0.717, 1.165) is 19.4 Å². The van der Waals surface area contributed by atoms with E-state index in [1.165, 1.54) is 0 Å². The van der Waals surface area contributed by atoms with Gasteiger partial charge in [0.2, 0.25) is 0 Å². The molecular formula is C7H14O2. The molecule has 1 heterocycles. The Bertz CT molecular complexity index is 83.0. The van der Waals surface area contributed by atoms with Crippen LogP contribution in [0.1, 0.15) is 19.8 Å². The van der Waals surface area contributed by atoms with Crippen LogP contribution in [-0.4, -0.2) is 24.4 Å². The predicted octanol–water partition coefficient (Wildman–Crippen LogP) is 0.794. The summed E-state index contributed by atoms with van der Waals surface area (Å²) in [5.41, 5.74) is 0. The third-order valence-corrected chi connectivity index (χ3v) is 1.85. The van der Waals surface area contributed by atoms with Crippen molar-refractivity contribution >= 4 is 0 Å². The van der Waals surface area contributed by atoms with E-state index in [1.54, 1.807) is 0 Å². The maximum atomic E-state index is 8.75. The van der Waals surface area contributed by atoms with Crippen LogP contribution < -0.4 is 0 Å². The summed E-state index contributed by atoms with van der Waals surface area (Å²) in [5, 5.41) is 8.75. The van der Waals surface area contributed by atoms with Gasteiger partial charge in [-0.05, 0) is 25.7 Å². The molecule has 2 atom stereocenters. The lowest BCUT2D eigenvalue weighted by atomic mass is 9.97. The van der Waals surface area contributed by atoms with E-state index in [-0.39, 0.29) is 0 Å². The van der Waals surface area contributed by atoms with Gasteiger partial charge in [0.15, 0.2) is 0 Å². The molecular weight excluding hydrogens is 116 g/mol. The van der Waals surface area contributed by atoms with Gasteiger partial charge in [0, 0.05) is 13.2 Å². The molecule has 0 saturated carbocycles. The fraction of sp³-hybridized carbons (Fsp3) is 1.00. The SMILES string of the molecule is C[C@H]1C[C@H](CO)CCO1. The second kappa shape index (κ2) is 3.18. The second-order valence-corrected chi connectivity index (χ2v) is 2.75. The summed E-state index contributed by atoms with van der Waals surface area (Å²) in [6.45, 7) is 3.21. The Kier molecular flexibility index (Phi) is 2.49. The van der Waals surface area contributed by atoms with Gasteiger partial charge in [-0.3, -0.25) is 0 Å². The molecule has 0 aromatic heterocycles. The Morgan fingerprint density at radius 2 is 2.44 bits per heavy atom. The van der Waals surface area contributed by atoms with Gasteiger partial charge in [-0.15, -0.1) is 0 Å². The normalized spacial score (nSPS) is 36.7. The molecule has 0 amide bonds. The van der Waals surface area contributed by atoms with Gasteiger partial charge < -0.3 is 9.84 Å². The number of aliphatic hydroxyl groups excluding tert-OH is 1. The number of ether oxygens (including phenoxy) is 1. The molecule has 0 bridgehead atoms. The van der Waals surface area contributed by atoms with Gasteiger partial charge in [-0.25, -0.2) is 0 Å². The standard InChI is InChI=1S/C7H14O2/c1-6-4-7(5-8)2-3-9-6/h6-8H,2-5H2,1H3/t6-,7+/m0/s1. The van der Waals surface area contributed by atoms with Crippen molar-refractivity contribution in [1.82, 2.24) is 0 Å². The first-order chi connectivity index (χ1) is 4.33. The van der Waals surface area contributed by atoms with Crippen LogP contribution >= 0.6 is 0 Å². The zero-order valence-electron chi connectivity index (χ0n) is 5.84. The lowest BCUT2D eigenvalue weighted by Gasteiger charge is -2.25. The minimum atomic E-state index is 0.327. The first-order valence-electron chi connectivity index (χ1n) is 3.55. The van der Waals surface area contributed by atoms with Crippen molar-refractivity contribution in [3.63, 3.8) is 0 Å². The van der Waals surface area contributed by atoms with E-state index in [4.69, 9.17) is 9.84 Å². The van der Waals surface area contributed by atoms with Crippen molar-refractivity contribution < 1.29 is 9.84 Å². The number of hydrogen-bond donors (Lipinski definition) is 1. The van der Waals surface area contributed by atoms with Gasteiger partial charge in [0.25, 0.3) is 0 Å². The molecule has 1 fully saturated rings. The van der Waals surface area contributed by atoms with Gasteiger partial charge >= 0.3 is 0 Å². The highest BCUT2D eigenvalue weighted by molar-refractivity contribution is 4.66. The summed E-state index contributed by atoms with van der Waals surface area (Å²) in [7, 11) is 0. The van der Waals surface area contributed by atoms with Gasteiger partial charge in [0.1, 0.15) is 0 Å². The zero-order chi connectivity index (χ0) is 6.69. The largest absolute Gasteiger partial charge is 0.396 e. The average Bonchev–Trinajstić information content (AvgIpc) is 1.88. The number of rotatable bonds is 1. The topological polar surface area (TPSA) is 29.5 Å². The van der Waals surface area contributed by atoms with Crippen LogP contribution in [0.15, 0.2) is 0 Å². The highest BCUT2D eigenvalue weighted by Crippen LogP contribution is 2.18. The summed E-state index contributed by atoms with van der Waals surface area (Å²) in [6.07, 6.45) is 2.41. The lowest BCUT2D eigenvalue weighted by Crippen LogP contribution is -2.24. The molecule has 9 heavy (non-hydrogen) atoms. The molecule has 0 aromatic carbocycles. The molecule has 2 heteroatoms. The molecule has 0 radical (unpaired) electrons. The first kappa shape index (κ1) is 7.03. The van der Waals surface area contributed by atoms with Crippen LogP contribution in [0.5, 0.6) is 0 Å². The summed E-state index contributed by atoms with van der Waals surface area (Å²) < 4.78 is 5.30. The third kappa shape index (κ3) is 1.95. The van der Waals surface area contributed by atoms with Crippen LogP contribution in [0, 0.1) is 5.92 Å². The van der Waals surface area contributed by atoms with E-state index in [0.29, 0.717) is 18.6 Å². The monoisotopic (exact) mass is 130 g/mol. The predicted molar refractivity (Wildman–Crippen MR) is 35.2 cm³/mol. The van der Waals surface area contributed by atoms with E-state index in [1.807, 2.05) is 0 Å². The van der Waals surface area contributed by atoms with Gasteiger partial charge in [-0.2, -0.15) is 0 Å². The van der Waals surface area contributed by atoms with Crippen molar-refractivity contribution in [3.8, 4) is 0 Å². The molecule has 0 aliphatic carbocycles. The van der Waals surface area contributed by atoms with Crippen LogP contribution in [-0.2, 0) is 4.74 Å². The Labute approximate surface area is 55.8 Å². The molecule has 1 N–H and O–H groups in total. The molecule has 1 saturated heterocycles. The second-order valence-electron chi connectivity index (χ2n) is 2.75. The van der Waals surface area contributed by atoms with E-state index in [2.05, 4.69) is 6.92 Å². The molecule has 1 aliphatic rings. The Balaban J connectivity index is 2.23. The quantitative estimate of drug-likeness (QED) is 0.568. The Morgan fingerprint density at radius 3 is 2.89 bits per heavy atom. The number of hydrogen-bond acceptors (Lipinski definition) is 2. The Morgan fingerprint density at radius 1 is 1.67 bits per heavy atom. The minimum absolute atomic E-state index is 0.327. The summed E-state index contributed by atoms with van der Waals surface area (Å²) >= 11 is 0. The lowest BCUT2D eigenvalue weighted by molar-refractivity contribution is -0.0106. The molecule has 0 spiro atoms. The van der Waals surface area contributed by atoms with E-state index >= 15 is 0 Å². The molecule has 54 valence electrons. The molecule has 2 nitrogen and oxygen atoms in total.